The maximum absolute atomic E-state index is 11.7. The van der Waals surface area contributed by atoms with Crippen molar-refractivity contribution in [1.29, 1.82) is 0 Å². The van der Waals surface area contributed by atoms with Crippen molar-refractivity contribution in [3.63, 3.8) is 0 Å². The Kier molecular flexibility index (Phi) is 4.44. The van der Waals surface area contributed by atoms with Crippen LogP contribution in [0.5, 0.6) is 0 Å². The molecule has 1 aromatic rings. The summed E-state index contributed by atoms with van der Waals surface area (Å²) in [7, 11) is 1.37. The van der Waals surface area contributed by atoms with E-state index < -0.39 is 0 Å². The number of methoxy groups -OCH3 is 1. The Labute approximate surface area is 111 Å². The highest BCUT2D eigenvalue weighted by Crippen LogP contribution is 2.24. The Bertz CT molecular complexity index is 430. The first kappa shape index (κ1) is 13.2. The monoisotopic (exact) mass is 269 g/mol. The molecule has 0 saturated carbocycles. The molecule has 2 rings (SSSR count). The maximum Gasteiger partial charge on any atom is 0.339 e. The van der Waals surface area contributed by atoms with Gasteiger partial charge in [-0.2, -0.15) is 0 Å². The van der Waals surface area contributed by atoms with E-state index in [1.54, 1.807) is 18.2 Å². The van der Waals surface area contributed by atoms with Crippen molar-refractivity contribution in [2.75, 3.05) is 25.6 Å². The summed E-state index contributed by atoms with van der Waals surface area (Å²) < 4.78 is 10.1. The number of halogens is 1. The highest BCUT2D eigenvalue weighted by molar-refractivity contribution is 6.31. The maximum atomic E-state index is 11.7. The molecule has 18 heavy (non-hydrogen) atoms. The Balaban J connectivity index is 2.18. The molecule has 0 atom stereocenters. The number of carbonyl (C=O) groups excluding carboxylic acids is 1. The Morgan fingerprint density at radius 2 is 2.17 bits per heavy atom. The van der Waals surface area contributed by atoms with E-state index in [0.717, 1.165) is 31.7 Å². The van der Waals surface area contributed by atoms with Crippen molar-refractivity contribution < 1.29 is 14.3 Å². The molecule has 1 fully saturated rings. The van der Waals surface area contributed by atoms with Crippen LogP contribution in [-0.4, -0.2) is 32.3 Å². The molecular formula is C13H16ClNO3. The van der Waals surface area contributed by atoms with E-state index in [2.05, 4.69) is 5.32 Å². The minimum atomic E-state index is -0.360. The lowest BCUT2D eigenvalue weighted by Gasteiger charge is -2.25. The molecular weight excluding hydrogens is 254 g/mol. The van der Waals surface area contributed by atoms with Gasteiger partial charge in [0.05, 0.1) is 18.4 Å². The standard InChI is InChI=1S/C13H16ClNO3/c1-17-13(16)11-3-2-9(14)8-12(11)15-10-4-6-18-7-5-10/h2-3,8,10,15H,4-7H2,1H3. The van der Waals surface area contributed by atoms with Crippen LogP contribution < -0.4 is 5.32 Å². The average molecular weight is 270 g/mol. The van der Waals surface area contributed by atoms with Gasteiger partial charge in [0, 0.05) is 24.3 Å². The number of carbonyl (C=O) groups is 1. The molecule has 1 saturated heterocycles. The van der Waals surface area contributed by atoms with Crippen LogP contribution in [0.25, 0.3) is 0 Å². The van der Waals surface area contributed by atoms with E-state index in [1.807, 2.05) is 0 Å². The highest BCUT2D eigenvalue weighted by Gasteiger charge is 2.18. The van der Waals surface area contributed by atoms with Crippen LogP contribution in [0.3, 0.4) is 0 Å². The highest BCUT2D eigenvalue weighted by atomic mass is 35.5. The summed E-state index contributed by atoms with van der Waals surface area (Å²) in [4.78, 5) is 11.7. The molecule has 5 heteroatoms. The van der Waals surface area contributed by atoms with Gasteiger partial charge in [-0.1, -0.05) is 11.6 Å². The van der Waals surface area contributed by atoms with Crippen LogP contribution in [-0.2, 0) is 9.47 Å². The summed E-state index contributed by atoms with van der Waals surface area (Å²) in [6, 6.07) is 5.42. The number of esters is 1. The quantitative estimate of drug-likeness (QED) is 0.857. The SMILES string of the molecule is COC(=O)c1ccc(Cl)cc1NC1CCOCC1. The van der Waals surface area contributed by atoms with E-state index in [4.69, 9.17) is 21.1 Å². The summed E-state index contributed by atoms with van der Waals surface area (Å²) in [5.74, 6) is -0.360. The van der Waals surface area contributed by atoms with Gasteiger partial charge in [0.2, 0.25) is 0 Å². The fraction of sp³-hybridized carbons (Fsp3) is 0.462. The van der Waals surface area contributed by atoms with Gasteiger partial charge in [-0.05, 0) is 31.0 Å². The molecule has 0 radical (unpaired) electrons. The van der Waals surface area contributed by atoms with Gasteiger partial charge in [-0.15, -0.1) is 0 Å². The topological polar surface area (TPSA) is 47.6 Å². The second-order valence-electron chi connectivity index (χ2n) is 4.21. The van der Waals surface area contributed by atoms with Crippen molar-refractivity contribution in [3.8, 4) is 0 Å². The predicted octanol–water partition coefficient (Wildman–Crippen LogP) is 2.72. The van der Waals surface area contributed by atoms with Crippen LogP contribution in [0.15, 0.2) is 18.2 Å². The largest absolute Gasteiger partial charge is 0.465 e. The van der Waals surface area contributed by atoms with Gasteiger partial charge in [0.1, 0.15) is 0 Å². The van der Waals surface area contributed by atoms with Crippen molar-refractivity contribution in [2.45, 2.75) is 18.9 Å². The first-order valence-electron chi connectivity index (χ1n) is 5.93. The summed E-state index contributed by atoms with van der Waals surface area (Å²) in [5.41, 5.74) is 1.23. The molecule has 1 N–H and O–H groups in total. The van der Waals surface area contributed by atoms with E-state index >= 15 is 0 Å². The van der Waals surface area contributed by atoms with E-state index in [9.17, 15) is 4.79 Å². The summed E-state index contributed by atoms with van der Waals surface area (Å²) >= 11 is 5.97. The molecule has 1 heterocycles. The summed E-state index contributed by atoms with van der Waals surface area (Å²) in [6.07, 6.45) is 1.85. The Morgan fingerprint density at radius 3 is 2.83 bits per heavy atom. The number of ether oxygens (including phenoxy) is 2. The van der Waals surface area contributed by atoms with Crippen LogP contribution >= 0.6 is 11.6 Å². The number of hydrogen-bond acceptors (Lipinski definition) is 4. The molecule has 0 spiro atoms. The zero-order valence-electron chi connectivity index (χ0n) is 10.2. The smallest absolute Gasteiger partial charge is 0.339 e. The van der Waals surface area contributed by atoms with Crippen molar-refractivity contribution in [1.82, 2.24) is 0 Å². The number of nitrogens with one attached hydrogen (secondary N) is 1. The Morgan fingerprint density at radius 1 is 1.44 bits per heavy atom. The fourth-order valence-electron chi connectivity index (χ4n) is 1.99. The zero-order valence-corrected chi connectivity index (χ0v) is 11.0. The molecule has 1 aliphatic heterocycles. The normalized spacial score (nSPS) is 16.3. The Hall–Kier alpha value is -1.26. The van der Waals surface area contributed by atoms with Crippen LogP contribution in [0.1, 0.15) is 23.2 Å². The lowest BCUT2D eigenvalue weighted by atomic mass is 10.1. The molecule has 0 aromatic heterocycles. The minimum absolute atomic E-state index is 0.306. The summed E-state index contributed by atoms with van der Waals surface area (Å²) in [5, 5.41) is 3.93. The third kappa shape index (κ3) is 3.15. The summed E-state index contributed by atoms with van der Waals surface area (Å²) in [6.45, 7) is 1.48. The van der Waals surface area contributed by atoms with Crippen molar-refractivity contribution in [3.05, 3.63) is 28.8 Å². The predicted molar refractivity (Wildman–Crippen MR) is 70.3 cm³/mol. The first-order valence-corrected chi connectivity index (χ1v) is 6.30. The second kappa shape index (κ2) is 6.07. The molecule has 4 nitrogen and oxygen atoms in total. The van der Waals surface area contributed by atoms with E-state index in [-0.39, 0.29) is 5.97 Å². The van der Waals surface area contributed by atoms with Crippen LogP contribution in [0, 0.1) is 0 Å². The lowest BCUT2D eigenvalue weighted by molar-refractivity contribution is 0.0601. The van der Waals surface area contributed by atoms with Gasteiger partial charge in [0.15, 0.2) is 0 Å². The fourth-order valence-corrected chi connectivity index (χ4v) is 2.16. The first-order chi connectivity index (χ1) is 8.70. The van der Waals surface area contributed by atoms with Gasteiger partial charge in [0.25, 0.3) is 0 Å². The second-order valence-corrected chi connectivity index (χ2v) is 4.65. The molecule has 1 aromatic carbocycles. The molecule has 0 bridgehead atoms. The van der Waals surface area contributed by atoms with Crippen molar-refractivity contribution in [2.24, 2.45) is 0 Å². The van der Waals surface area contributed by atoms with Crippen LogP contribution in [0.4, 0.5) is 5.69 Å². The zero-order chi connectivity index (χ0) is 13.0. The molecule has 0 amide bonds. The van der Waals surface area contributed by atoms with Gasteiger partial charge in [-0.25, -0.2) is 4.79 Å². The third-order valence-corrected chi connectivity index (χ3v) is 3.20. The van der Waals surface area contributed by atoms with E-state index in [1.165, 1.54) is 7.11 Å². The van der Waals surface area contributed by atoms with E-state index in [0.29, 0.717) is 16.6 Å². The molecule has 0 unspecified atom stereocenters. The van der Waals surface area contributed by atoms with Gasteiger partial charge >= 0.3 is 5.97 Å². The molecule has 0 aliphatic carbocycles. The molecule has 98 valence electrons. The minimum Gasteiger partial charge on any atom is -0.465 e. The number of rotatable bonds is 3. The molecule has 1 aliphatic rings. The number of anilines is 1. The van der Waals surface area contributed by atoms with Crippen LogP contribution in [0.2, 0.25) is 5.02 Å². The number of benzene rings is 1. The van der Waals surface area contributed by atoms with Gasteiger partial charge in [-0.3, -0.25) is 0 Å². The van der Waals surface area contributed by atoms with Crippen molar-refractivity contribution >= 4 is 23.3 Å². The lowest BCUT2D eigenvalue weighted by Crippen LogP contribution is -2.28. The third-order valence-electron chi connectivity index (χ3n) is 2.97. The number of hydrogen-bond donors (Lipinski definition) is 1. The van der Waals surface area contributed by atoms with Gasteiger partial charge < -0.3 is 14.8 Å². The average Bonchev–Trinajstić information content (AvgIpc) is 2.39.